The second-order valence-electron chi connectivity index (χ2n) is 4.25. The lowest BCUT2D eigenvalue weighted by atomic mass is 10.0. The fourth-order valence-electron chi connectivity index (χ4n) is 1.54. The molecule has 0 aliphatic heterocycles. The molecule has 0 aliphatic carbocycles. The third-order valence-corrected chi connectivity index (χ3v) is 2.35. The molecule has 1 atom stereocenters. The lowest BCUT2D eigenvalue weighted by Crippen LogP contribution is -2.12. The highest BCUT2D eigenvalue weighted by Gasteiger charge is 2.14. The molecule has 3 heteroatoms. The summed E-state index contributed by atoms with van der Waals surface area (Å²) in [6.07, 6.45) is 2.11. The summed E-state index contributed by atoms with van der Waals surface area (Å²) in [5, 5.41) is 0. The van der Waals surface area contributed by atoms with Crippen LogP contribution in [0.3, 0.4) is 0 Å². The fraction of sp³-hybridized carbons (Fsp3) is 0.727. The van der Waals surface area contributed by atoms with Gasteiger partial charge >= 0.3 is 0 Å². The van der Waals surface area contributed by atoms with Gasteiger partial charge in [-0.3, -0.25) is 0 Å². The number of aromatic nitrogens is 1. The van der Waals surface area contributed by atoms with E-state index in [4.69, 9.17) is 10.2 Å². The first-order chi connectivity index (χ1) is 6.50. The molecule has 80 valence electrons. The lowest BCUT2D eigenvalue weighted by Gasteiger charge is -2.10. The van der Waals surface area contributed by atoms with Crippen LogP contribution < -0.4 is 5.73 Å². The van der Waals surface area contributed by atoms with Gasteiger partial charge in [0.2, 0.25) is 0 Å². The summed E-state index contributed by atoms with van der Waals surface area (Å²) in [7, 11) is 0. The maximum atomic E-state index is 6.03. The second-order valence-corrected chi connectivity index (χ2v) is 4.25. The van der Waals surface area contributed by atoms with E-state index in [9.17, 15) is 0 Å². The Morgan fingerprint density at radius 2 is 1.93 bits per heavy atom. The van der Waals surface area contributed by atoms with Crippen molar-refractivity contribution in [2.45, 2.75) is 46.6 Å². The van der Waals surface area contributed by atoms with Crippen molar-refractivity contribution in [1.82, 2.24) is 4.98 Å². The molecule has 1 heterocycles. The van der Waals surface area contributed by atoms with Crippen molar-refractivity contribution in [3.05, 3.63) is 17.3 Å². The van der Waals surface area contributed by atoms with E-state index >= 15 is 0 Å². The van der Waals surface area contributed by atoms with Gasteiger partial charge in [0.05, 0.1) is 11.7 Å². The van der Waals surface area contributed by atoms with Gasteiger partial charge in [0.1, 0.15) is 5.76 Å². The molecule has 0 aliphatic rings. The molecule has 2 N–H and O–H groups in total. The fourth-order valence-corrected chi connectivity index (χ4v) is 1.54. The van der Waals surface area contributed by atoms with Crippen molar-refractivity contribution in [3.8, 4) is 0 Å². The number of nitrogens with zero attached hydrogens (tertiary/aromatic N) is 1. The van der Waals surface area contributed by atoms with Gasteiger partial charge in [0, 0.05) is 6.92 Å². The van der Waals surface area contributed by atoms with Gasteiger partial charge in [0.15, 0.2) is 5.89 Å². The van der Waals surface area contributed by atoms with Crippen LogP contribution in [0.2, 0.25) is 0 Å². The van der Waals surface area contributed by atoms with Crippen LogP contribution in [0.4, 0.5) is 0 Å². The Balaban J connectivity index is 2.60. The number of nitrogens with two attached hydrogens (primary N) is 1. The van der Waals surface area contributed by atoms with E-state index in [0.29, 0.717) is 11.8 Å². The van der Waals surface area contributed by atoms with E-state index in [0.717, 1.165) is 24.3 Å². The zero-order valence-corrected chi connectivity index (χ0v) is 9.50. The van der Waals surface area contributed by atoms with Gasteiger partial charge in [-0.25, -0.2) is 4.98 Å². The average Bonchev–Trinajstić information content (AvgIpc) is 2.41. The van der Waals surface area contributed by atoms with Crippen molar-refractivity contribution in [1.29, 1.82) is 0 Å². The molecule has 1 rings (SSSR count). The maximum absolute atomic E-state index is 6.03. The third kappa shape index (κ3) is 2.84. The minimum atomic E-state index is 0.0230. The van der Waals surface area contributed by atoms with Gasteiger partial charge in [-0.05, 0) is 25.7 Å². The number of hydrogen-bond acceptors (Lipinski definition) is 3. The normalized spacial score (nSPS) is 13.6. The van der Waals surface area contributed by atoms with Gasteiger partial charge < -0.3 is 10.2 Å². The van der Waals surface area contributed by atoms with Gasteiger partial charge in [-0.2, -0.15) is 0 Å². The van der Waals surface area contributed by atoms with Crippen LogP contribution >= 0.6 is 0 Å². The molecule has 0 bridgehead atoms. The summed E-state index contributed by atoms with van der Waals surface area (Å²) in [5.74, 6) is 2.26. The molecule has 1 unspecified atom stereocenters. The number of hydrogen-bond donors (Lipinski definition) is 1. The molecular weight excluding hydrogens is 176 g/mol. The smallest absolute Gasteiger partial charge is 0.191 e. The SMILES string of the molecule is Cc1nc(C(N)CCC(C)C)c(C)o1. The molecule has 0 aromatic carbocycles. The number of rotatable bonds is 4. The summed E-state index contributed by atoms with van der Waals surface area (Å²) in [6.45, 7) is 8.18. The molecule has 14 heavy (non-hydrogen) atoms. The van der Waals surface area contributed by atoms with E-state index in [1.165, 1.54) is 0 Å². The Kier molecular flexibility index (Phi) is 3.69. The molecule has 3 nitrogen and oxygen atoms in total. The van der Waals surface area contributed by atoms with Crippen molar-refractivity contribution >= 4 is 0 Å². The Morgan fingerprint density at radius 3 is 2.36 bits per heavy atom. The van der Waals surface area contributed by atoms with Gasteiger partial charge in [-0.1, -0.05) is 13.8 Å². The molecule has 0 spiro atoms. The second kappa shape index (κ2) is 4.60. The van der Waals surface area contributed by atoms with Crippen molar-refractivity contribution in [2.24, 2.45) is 11.7 Å². The van der Waals surface area contributed by atoms with Crippen LogP contribution in [-0.2, 0) is 0 Å². The van der Waals surface area contributed by atoms with Crippen LogP contribution in [0.25, 0.3) is 0 Å². The summed E-state index contributed by atoms with van der Waals surface area (Å²) in [6, 6.07) is 0.0230. The molecule has 0 amide bonds. The first-order valence-electron chi connectivity index (χ1n) is 5.20. The van der Waals surface area contributed by atoms with Crippen LogP contribution in [0.15, 0.2) is 4.42 Å². The summed E-state index contributed by atoms with van der Waals surface area (Å²) >= 11 is 0. The maximum Gasteiger partial charge on any atom is 0.191 e. The van der Waals surface area contributed by atoms with E-state index in [1.807, 2.05) is 13.8 Å². The van der Waals surface area contributed by atoms with E-state index in [2.05, 4.69) is 18.8 Å². The van der Waals surface area contributed by atoms with E-state index in [1.54, 1.807) is 0 Å². The van der Waals surface area contributed by atoms with Gasteiger partial charge in [-0.15, -0.1) is 0 Å². The first-order valence-corrected chi connectivity index (χ1v) is 5.20. The largest absolute Gasteiger partial charge is 0.446 e. The van der Waals surface area contributed by atoms with Crippen LogP contribution in [0, 0.1) is 19.8 Å². The van der Waals surface area contributed by atoms with Crippen LogP contribution in [0.5, 0.6) is 0 Å². The van der Waals surface area contributed by atoms with Gasteiger partial charge in [0.25, 0.3) is 0 Å². The highest BCUT2D eigenvalue weighted by atomic mass is 16.4. The zero-order valence-electron chi connectivity index (χ0n) is 9.50. The molecule has 0 fully saturated rings. The standard InChI is InChI=1S/C11H20N2O/c1-7(2)5-6-10(12)11-8(3)14-9(4)13-11/h7,10H,5-6,12H2,1-4H3. The monoisotopic (exact) mass is 196 g/mol. The Hall–Kier alpha value is -0.830. The summed E-state index contributed by atoms with van der Waals surface area (Å²) in [4.78, 5) is 4.30. The topological polar surface area (TPSA) is 52.0 Å². The van der Waals surface area contributed by atoms with Crippen molar-refractivity contribution in [2.75, 3.05) is 0 Å². The number of oxazole rings is 1. The molecule has 0 saturated carbocycles. The minimum Gasteiger partial charge on any atom is -0.446 e. The highest BCUT2D eigenvalue weighted by Crippen LogP contribution is 2.21. The molecule has 0 saturated heterocycles. The Bertz CT molecular complexity index is 291. The summed E-state index contributed by atoms with van der Waals surface area (Å²) in [5.41, 5.74) is 6.95. The molecular formula is C11H20N2O. The highest BCUT2D eigenvalue weighted by molar-refractivity contribution is 5.12. The minimum absolute atomic E-state index is 0.0230. The van der Waals surface area contributed by atoms with E-state index < -0.39 is 0 Å². The van der Waals surface area contributed by atoms with Crippen LogP contribution in [0.1, 0.15) is 50.1 Å². The van der Waals surface area contributed by atoms with Crippen LogP contribution in [-0.4, -0.2) is 4.98 Å². The molecule has 1 aromatic heterocycles. The van der Waals surface area contributed by atoms with Crippen molar-refractivity contribution < 1.29 is 4.42 Å². The predicted molar refractivity (Wildman–Crippen MR) is 57.0 cm³/mol. The Morgan fingerprint density at radius 1 is 1.29 bits per heavy atom. The molecule has 1 aromatic rings. The zero-order chi connectivity index (χ0) is 10.7. The predicted octanol–water partition coefficient (Wildman–Crippen LogP) is 2.73. The summed E-state index contributed by atoms with van der Waals surface area (Å²) < 4.78 is 5.35. The third-order valence-electron chi connectivity index (χ3n) is 2.35. The Labute approximate surface area is 85.7 Å². The number of aryl methyl sites for hydroxylation is 2. The first kappa shape index (κ1) is 11.2. The lowest BCUT2D eigenvalue weighted by molar-refractivity contribution is 0.479. The molecule has 0 radical (unpaired) electrons. The van der Waals surface area contributed by atoms with E-state index in [-0.39, 0.29) is 6.04 Å². The quantitative estimate of drug-likeness (QED) is 0.805. The average molecular weight is 196 g/mol. The van der Waals surface area contributed by atoms with Crippen molar-refractivity contribution in [3.63, 3.8) is 0 Å².